The number of carboxylic acid groups (broad SMARTS) is 1. The molecule has 0 aliphatic carbocycles. The van der Waals surface area contributed by atoms with Crippen LogP contribution < -0.4 is 5.32 Å². The first-order chi connectivity index (χ1) is 10.1. The van der Waals surface area contributed by atoms with Crippen molar-refractivity contribution < 1.29 is 14.7 Å². The summed E-state index contributed by atoms with van der Waals surface area (Å²) >= 11 is 0. The monoisotopic (exact) mass is 289 g/mol. The third-order valence-electron chi connectivity index (χ3n) is 2.88. The lowest BCUT2D eigenvalue weighted by Gasteiger charge is -2.18. The van der Waals surface area contributed by atoms with Crippen LogP contribution in [0.4, 0.5) is 0 Å². The molecule has 1 unspecified atom stereocenters. The molecule has 1 amide bonds. The van der Waals surface area contributed by atoms with Crippen LogP contribution in [0, 0.1) is 0 Å². The molecule has 0 aliphatic heterocycles. The zero-order valence-corrected chi connectivity index (χ0v) is 11.2. The average Bonchev–Trinajstić information content (AvgIpc) is 2.97. The number of aromatic nitrogens is 4. The van der Waals surface area contributed by atoms with Gasteiger partial charge in [0.15, 0.2) is 0 Å². The highest BCUT2D eigenvalue weighted by Gasteiger charge is 2.16. The highest BCUT2D eigenvalue weighted by atomic mass is 16.4. The predicted octanol–water partition coefficient (Wildman–Crippen LogP) is 0.395. The molecule has 0 aliphatic rings. The summed E-state index contributed by atoms with van der Waals surface area (Å²) in [5.74, 6) is -1.17. The van der Waals surface area contributed by atoms with E-state index in [9.17, 15) is 9.59 Å². The van der Waals surface area contributed by atoms with E-state index in [1.807, 2.05) is 30.3 Å². The number of carboxylic acids is 1. The second-order valence-corrected chi connectivity index (χ2v) is 4.47. The van der Waals surface area contributed by atoms with Crippen LogP contribution in [-0.4, -0.2) is 37.2 Å². The molecule has 0 saturated carbocycles. The van der Waals surface area contributed by atoms with Crippen molar-refractivity contribution in [1.29, 1.82) is 0 Å². The van der Waals surface area contributed by atoms with E-state index in [-0.39, 0.29) is 24.9 Å². The molecule has 0 bridgehead atoms. The molecule has 0 radical (unpaired) electrons. The SMILES string of the molecule is O=C(O)CCC(NC(=O)Cn1cnnn1)c1ccccc1. The maximum atomic E-state index is 12.0. The topological polar surface area (TPSA) is 110 Å². The maximum absolute atomic E-state index is 12.0. The van der Waals surface area contributed by atoms with Crippen LogP contribution in [0.15, 0.2) is 36.7 Å². The smallest absolute Gasteiger partial charge is 0.303 e. The van der Waals surface area contributed by atoms with Crippen LogP contribution in [0.5, 0.6) is 0 Å². The minimum Gasteiger partial charge on any atom is -0.481 e. The quantitative estimate of drug-likeness (QED) is 0.763. The number of aliphatic carboxylic acids is 1. The number of carbonyl (C=O) groups is 2. The van der Waals surface area contributed by atoms with Crippen molar-refractivity contribution in [2.24, 2.45) is 0 Å². The van der Waals surface area contributed by atoms with E-state index in [2.05, 4.69) is 20.8 Å². The zero-order valence-electron chi connectivity index (χ0n) is 11.2. The first kappa shape index (κ1) is 14.6. The predicted molar refractivity (Wildman–Crippen MR) is 72.0 cm³/mol. The van der Waals surface area contributed by atoms with Gasteiger partial charge in [-0.1, -0.05) is 30.3 Å². The Bertz CT molecular complexity index is 585. The number of nitrogens with one attached hydrogen (secondary N) is 1. The van der Waals surface area contributed by atoms with Crippen LogP contribution >= 0.6 is 0 Å². The van der Waals surface area contributed by atoms with Crippen molar-refractivity contribution in [2.75, 3.05) is 0 Å². The summed E-state index contributed by atoms with van der Waals surface area (Å²) in [7, 11) is 0. The normalized spacial score (nSPS) is 11.8. The minimum absolute atomic E-state index is 0.0105. The fraction of sp³-hybridized carbons (Fsp3) is 0.308. The first-order valence-electron chi connectivity index (χ1n) is 6.42. The van der Waals surface area contributed by atoms with Crippen LogP contribution in [0.3, 0.4) is 0 Å². The van der Waals surface area contributed by atoms with Crippen molar-refractivity contribution >= 4 is 11.9 Å². The van der Waals surface area contributed by atoms with Crippen LogP contribution in [0.25, 0.3) is 0 Å². The largest absolute Gasteiger partial charge is 0.481 e. The number of amides is 1. The molecule has 2 rings (SSSR count). The van der Waals surface area contributed by atoms with E-state index >= 15 is 0 Å². The average molecular weight is 289 g/mol. The van der Waals surface area contributed by atoms with Gasteiger partial charge in [-0.15, -0.1) is 5.10 Å². The van der Waals surface area contributed by atoms with E-state index in [4.69, 9.17) is 5.11 Å². The van der Waals surface area contributed by atoms with Crippen LogP contribution in [0.2, 0.25) is 0 Å². The second kappa shape index (κ2) is 7.13. The molecule has 8 nitrogen and oxygen atoms in total. The molecule has 2 N–H and O–H groups in total. The van der Waals surface area contributed by atoms with Gasteiger partial charge in [-0.3, -0.25) is 9.59 Å². The number of rotatable bonds is 7. The van der Waals surface area contributed by atoms with Crippen molar-refractivity contribution in [3.05, 3.63) is 42.2 Å². The van der Waals surface area contributed by atoms with E-state index < -0.39 is 5.97 Å². The maximum Gasteiger partial charge on any atom is 0.303 e. The molecule has 1 aromatic heterocycles. The number of hydrogen-bond acceptors (Lipinski definition) is 5. The van der Waals surface area contributed by atoms with Gasteiger partial charge in [0.05, 0.1) is 6.04 Å². The van der Waals surface area contributed by atoms with Gasteiger partial charge < -0.3 is 10.4 Å². The van der Waals surface area contributed by atoms with Gasteiger partial charge in [-0.05, 0) is 22.4 Å². The molecule has 2 aromatic rings. The standard InChI is InChI=1S/C13H15N5O3/c19-12(8-18-9-14-16-17-18)15-11(6-7-13(20)21)10-4-2-1-3-5-10/h1-5,9,11H,6-8H2,(H,15,19)(H,20,21). The molecule has 1 heterocycles. The lowest BCUT2D eigenvalue weighted by Crippen LogP contribution is -2.32. The number of hydrogen-bond donors (Lipinski definition) is 2. The Balaban J connectivity index is 2.01. The van der Waals surface area contributed by atoms with Gasteiger partial charge in [0.2, 0.25) is 5.91 Å². The molecule has 110 valence electrons. The summed E-state index contributed by atoms with van der Waals surface area (Å²) in [5, 5.41) is 22.1. The van der Waals surface area contributed by atoms with Crippen molar-refractivity contribution in [1.82, 2.24) is 25.5 Å². The van der Waals surface area contributed by atoms with Gasteiger partial charge >= 0.3 is 5.97 Å². The van der Waals surface area contributed by atoms with Gasteiger partial charge in [-0.25, -0.2) is 4.68 Å². The number of benzene rings is 1. The fourth-order valence-corrected chi connectivity index (χ4v) is 1.92. The Hall–Kier alpha value is -2.77. The Labute approximate surface area is 120 Å². The highest BCUT2D eigenvalue weighted by Crippen LogP contribution is 2.18. The Morgan fingerprint density at radius 2 is 2.05 bits per heavy atom. The molecule has 0 spiro atoms. The van der Waals surface area contributed by atoms with Gasteiger partial charge in [-0.2, -0.15) is 0 Å². The molecule has 21 heavy (non-hydrogen) atoms. The Morgan fingerprint density at radius 1 is 1.29 bits per heavy atom. The number of tetrazole rings is 1. The third kappa shape index (κ3) is 4.68. The molecule has 8 heteroatoms. The van der Waals surface area contributed by atoms with Crippen molar-refractivity contribution in [2.45, 2.75) is 25.4 Å². The summed E-state index contributed by atoms with van der Waals surface area (Å²) in [6, 6.07) is 8.90. The fourth-order valence-electron chi connectivity index (χ4n) is 1.92. The van der Waals surface area contributed by atoms with E-state index in [1.165, 1.54) is 11.0 Å². The second-order valence-electron chi connectivity index (χ2n) is 4.47. The summed E-state index contributed by atoms with van der Waals surface area (Å²) in [6.07, 6.45) is 1.64. The van der Waals surface area contributed by atoms with Crippen molar-refractivity contribution in [3.63, 3.8) is 0 Å². The van der Waals surface area contributed by atoms with E-state index in [1.54, 1.807) is 0 Å². The Kier molecular flexibility index (Phi) is 4.97. The van der Waals surface area contributed by atoms with Gasteiger partial charge in [0.1, 0.15) is 12.9 Å². The third-order valence-corrected chi connectivity index (χ3v) is 2.88. The first-order valence-corrected chi connectivity index (χ1v) is 6.42. The minimum atomic E-state index is -0.898. The van der Waals surface area contributed by atoms with E-state index in [0.29, 0.717) is 6.42 Å². The van der Waals surface area contributed by atoms with Gasteiger partial charge in [0.25, 0.3) is 0 Å². The van der Waals surface area contributed by atoms with Crippen LogP contribution in [0.1, 0.15) is 24.4 Å². The molecular formula is C13H15N5O3. The summed E-state index contributed by atoms with van der Waals surface area (Å²) in [4.78, 5) is 22.7. The molecule has 0 fully saturated rings. The Morgan fingerprint density at radius 3 is 2.67 bits per heavy atom. The highest BCUT2D eigenvalue weighted by molar-refractivity contribution is 5.76. The summed E-state index contributed by atoms with van der Waals surface area (Å²) in [6.45, 7) is -0.0105. The summed E-state index contributed by atoms with van der Waals surface area (Å²) in [5.41, 5.74) is 0.865. The lowest BCUT2D eigenvalue weighted by atomic mass is 10.0. The molecule has 1 aromatic carbocycles. The summed E-state index contributed by atoms with van der Waals surface area (Å²) < 4.78 is 1.30. The molecular weight excluding hydrogens is 274 g/mol. The van der Waals surface area contributed by atoms with E-state index in [0.717, 1.165) is 5.56 Å². The molecule has 0 saturated heterocycles. The number of nitrogens with zero attached hydrogens (tertiary/aromatic N) is 4. The molecule has 1 atom stereocenters. The zero-order chi connectivity index (χ0) is 15.1. The van der Waals surface area contributed by atoms with Crippen LogP contribution in [-0.2, 0) is 16.1 Å². The number of carbonyl (C=O) groups excluding carboxylic acids is 1. The van der Waals surface area contributed by atoms with Crippen molar-refractivity contribution in [3.8, 4) is 0 Å². The van der Waals surface area contributed by atoms with Gasteiger partial charge in [0, 0.05) is 6.42 Å². The lowest BCUT2D eigenvalue weighted by molar-refractivity contribution is -0.137.